The van der Waals surface area contributed by atoms with Gasteiger partial charge in [0.2, 0.25) is 5.52 Å². The Morgan fingerprint density at radius 3 is 2.72 bits per heavy atom. The summed E-state index contributed by atoms with van der Waals surface area (Å²) in [6.07, 6.45) is 6.41. The Morgan fingerprint density at radius 1 is 1.12 bits per heavy atom. The molecule has 0 saturated carbocycles. The van der Waals surface area contributed by atoms with Gasteiger partial charge >= 0.3 is 11.9 Å². The molecule has 1 aromatic heterocycles. The predicted octanol–water partition coefficient (Wildman–Crippen LogP) is 4.69. The molecular formula is C24H23N2O4S2+. The number of thioether (sulfide) groups is 1. The molecule has 4 rings (SSSR count). The number of rotatable bonds is 8. The van der Waals surface area contributed by atoms with Crippen LogP contribution in [0.1, 0.15) is 17.8 Å². The number of methoxy groups -OCH3 is 1. The summed E-state index contributed by atoms with van der Waals surface area (Å²) in [6, 6.07) is 16.1. The Labute approximate surface area is 194 Å². The van der Waals surface area contributed by atoms with Gasteiger partial charge in [-0.3, -0.25) is 9.59 Å². The van der Waals surface area contributed by atoms with Gasteiger partial charge in [-0.25, -0.2) is 0 Å². The van der Waals surface area contributed by atoms with E-state index < -0.39 is 5.97 Å². The highest BCUT2D eigenvalue weighted by atomic mass is 32.2. The summed E-state index contributed by atoms with van der Waals surface area (Å²) in [4.78, 5) is 26.0. The van der Waals surface area contributed by atoms with Crippen molar-refractivity contribution in [3.05, 3.63) is 70.7 Å². The largest absolute Gasteiger partial charge is 0.481 e. The highest BCUT2D eigenvalue weighted by molar-refractivity contribution is 8.03. The van der Waals surface area contributed by atoms with E-state index >= 15 is 0 Å². The molecule has 1 aliphatic rings. The smallest absolute Gasteiger partial charge is 0.311 e. The van der Waals surface area contributed by atoms with E-state index in [-0.39, 0.29) is 12.4 Å². The van der Waals surface area contributed by atoms with Gasteiger partial charge in [0.25, 0.3) is 5.01 Å². The number of hydrogen-bond acceptors (Lipinski definition) is 6. The van der Waals surface area contributed by atoms with Crippen LogP contribution in [0.3, 0.4) is 0 Å². The predicted molar refractivity (Wildman–Crippen MR) is 128 cm³/mol. The first-order chi connectivity index (χ1) is 15.6. The second-order valence-electron chi connectivity index (χ2n) is 7.11. The van der Waals surface area contributed by atoms with E-state index in [1.54, 1.807) is 23.1 Å². The molecule has 2 aromatic carbocycles. The minimum absolute atomic E-state index is 0.0692. The second-order valence-corrected chi connectivity index (χ2v) is 9.24. The molecule has 32 heavy (non-hydrogen) atoms. The Balaban J connectivity index is 1.61. The monoisotopic (exact) mass is 467 g/mol. The van der Waals surface area contributed by atoms with Crippen LogP contribution in [0.2, 0.25) is 0 Å². The van der Waals surface area contributed by atoms with Crippen molar-refractivity contribution in [1.29, 1.82) is 0 Å². The Morgan fingerprint density at radius 2 is 1.91 bits per heavy atom. The van der Waals surface area contributed by atoms with Crippen molar-refractivity contribution in [3.8, 4) is 0 Å². The molecule has 6 nitrogen and oxygen atoms in total. The number of allylic oxidation sites excluding steroid dienone is 2. The molecule has 0 radical (unpaired) electrons. The number of hydrogen-bond donors (Lipinski definition) is 1. The number of carbonyl (C=O) groups is 2. The van der Waals surface area contributed by atoms with Gasteiger partial charge in [-0.2, -0.15) is 4.57 Å². The number of fused-ring (bicyclic) bond motifs is 2. The second kappa shape index (κ2) is 10.0. The van der Waals surface area contributed by atoms with Gasteiger partial charge in [0.15, 0.2) is 6.54 Å². The van der Waals surface area contributed by atoms with Crippen molar-refractivity contribution < 1.29 is 24.0 Å². The lowest BCUT2D eigenvalue weighted by atomic mass is 10.2. The number of thiazole rings is 1. The van der Waals surface area contributed by atoms with Crippen molar-refractivity contribution in [2.24, 2.45) is 0 Å². The number of aromatic nitrogens is 1. The van der Waals surface area contributed by atoms with Crippen LogP contribution in [0.5, 0.6) is 0 Å². The first-order valence-electron chi connectivity index (χ1n) is 10.2. The zero-order valence-corrected chi connectivity index (χ0v) is 19.2. The third kappa shape index (κ3) is 4.87. The Bertz CT molecular complexity index is 1220. The molecule has 0 aliphatic carbocycles. The van der Waals surface area contributed by atoms with Crippen LogP contribution in [0.4, 0.5) is 5.69 Å². The van der Waals surface area contributed by atoms with E-state index in [4.69, 9.17) is 9.84 Å². The standard InChI is InChI=1S/C24H22N2O4S2/c1-30-24(29)14-16-26-18-8-3-5-10-20(18)32-22(26)12-6-11-21-25(15-13-23(27)28)17-7-2-4-9-19(17)31-21/h2-12H,13-16H2,1H3/p+1. The topological polar surface area (TPSA) is 70.7 Å². The van der Waals surface area contributed by atoms with Crippen molar-refractivity contribution in [3.63, 3.8) is 0 Å². The molecule has 0 spiro atoms. The number of benzene rings is 2. The van der Waals surface area contributed by atoms with Crippen LogP contribution >= 0.6 is 23.1 Å². The maximum absolute atomic E-state index is 11.7. The van der Waals surface area contributed by atoms with Crippen LogP contribution in [0, 0.1) is 0 Å². The Hall–Kier alpha value is -3.10. The molecule has 1 N–H and O–H groups in total. The first-order valence-corrected chi connectivity index (χ1v) is 11.8. The number of carboxylic acid groups (broad SMARTS) is 1. The molecule has 2 heterocycles. The summed E-state index contributed by atoms with van der Waals surface area (Å²) >= 11 is 3.30. The van der Waals surface area contributed by atoms with Crippen molar-refractivity contribution in [2.75, 3.05) is 18.6 Å². The minimum Gasteiger partial charge on any atom is -0.481 e. The first kappa shape index (κ1) is 22.1. The zero-order chi connectivity index (χ0) is 22.5. The number of aliphatic carboxylic acids is 1. The molecule has 0 fully saturated rings. The number of carboxylic acids is 1. The van der Waals surface area contributed by atoms with Gasteiger partial charge < -0.3 is 14.7 Å². The van der Waals surface area contributed by atoms with Gasteiger partial charge in [-0.15, -0.1) is 0 Å². The number of nitrogens with zero attached hydrogens (tertiary/aromatic N) is 2. The van der Waals surface area contributed by atoms with Crippen LogP contribution in [0.25, 0.3) is 16.3 Å². The van der Waals surface area contributed by atoms with Crippen LogP contribution in [-0.2, 0) is 20.9 Å². The third-order valence-electron chi connectivity index (χ3n) is 5.07. The Kier molecular flexibility index (Phi) is 6.92. The highest BCUT2D eigenvalue weighted by Gasteiger charge is 2.25. The maximum Gasteiger partial charge on any atom is 0.311 e. The molecule has 8 heteroatoms. The summed E-state index contributed by atoms with van der Waals surface area (Å²) in [7, 11) is 1.40. The fraction of sp³-hybridized carbons (Fsp3) is 0.208. The van der Waals surface area contributed by atoms with Crippen LogP contribution in [-0.4, -0.2) is 30.7 Å². The zero-order valence-electron chi connectivity index (χ0n) is 17.6. The summed E-state index contributed by atoms with van der Waals surface area (Å²) < 4.78 is 8.08. The number of esters is 1. The maximum atomic E-state index is 11.7. The van der Waals surface area contributed by atoms with Crippen molar-refractivity contribution in [1.82, 2.24) is 0 Å². The lowest BCUT2D eigenvalue weighted by molar-refractivity contribution is -0.667. The number of aryl methyl sites for hydroxylation is 1. The van der Waals surface area contributed by atoms with E-state index in [1.807, 2.05) is 54.6 Å². The van der Waals surface area contributed by atoms with E-state index in [2.05, 4.69) is 21.6 Å². The fourth-order valence-electron chi connectivity index (χ4n) is 3.54. The SMILES string of the molecule is COC(=O)CC[n+]1c(C=CC=C2Sc3ccccc3N2CCC(=O)O)sc2ccccc21. The molecular weight excluding hydrogens is 444 g/mol. The van der Waals surface area contributed by atoms with Gasteiger partial charge in [-0.1, -0.05) is 53.4 Å². The number of para-hydroxylation sites is 2. The van der Waals surface area contributed by atoms with Crippen LogP contribution in [0.15, 0.2) is 70.6 Å². The minimum atomic E-state index is -0.814. The molecule has 0 atom stereocenters. The summed E-state index contributed by atoms with van der Waals surface area (Å²) in [5, 5.41) is 11.2. The van der Waals surface area contributed by atoms with E-state index in [0.717, 1.165) is 30.8 Å². The molecule has 0 saturated heterocycles. The summed E-state index contributed by atoms with van der Waals surface area (Å²) in [5.74, 6) is -1.05. The van der Waals surface area contributed by atoms with Crippen molar-refractivity contribution >= 4 is 57.0 Å². The van der Waals surface area contributed by atoms with E-state index in [9.17, 15) is 9.59 Å². The summed E-state index contributed by atoms with van der Waals surface area (Å²) in [5.41, 5.74) is 2.12. The average Bonchev–Trinajstić information content (AvgIpc) is 3.33. The van der Waals surface area contributed by atoms with Crippen molar-refractivity contribution in [2.45, 2.75) is 24.3 Å². The lowest BCUT2D eigenvalue weighted by Gasteiger charge is -2.19. The average molecular weight is 468 g/mol. The molecule has 0 amide bonds. The fourth-order valence-corrected chi connectivity index (χ4v) is 5.74. The van der Waals surface area contributed by atoms with Crippen LogP contribution < -0.4 is 9.47 Å². The quantitative estimate of drug-likeness (QED) is 0.383. The van der Waals surface area contributed by atoms with Gasteiger partial charge in [0.1, 0.15) is 11.1 Å². The molecule has 164 valence electrons. The lowest BCUT2D eigenvalue weighted by Crippen LogP contribution is -2.36. The summed E-state index contributed by atoms with van der Waals surface area (Å²) in [6.45, 7) is 0.957. The molecule has 0 unspecified atom stereocenters. The highest BCUT2D eigenvalue weighted by Crippen LogP contribution is 2.45. The van der Waals surface area contributed by atoms with Gasteiger partial charge in [0, 0.05) is 23.6 Å². The molecule has 1 aliphatic heterocycles. The third-order valence-corrected chi connectivity index (χ3v) is 7.33. The number of anilines is 1. The normalized spacial score (nSPS) is 14.4. The molecule has 0 bridgehead atoms. The van der Waals surface area contributed by atoms with E-state index in [0.29, 0.717) is 19.5 Å². The number of carbonyl (C=O) groups excluding carboxylic acids is 1. The van der Waals surface area contributed by atoms with E-state index in [1.165, 1.54) is 7.11 Å². The molecule has 3 aromatic rings. The van der Waals surface area contributed by atoms with Gasteiger partial charge in [0.05, 0.1) is 24.2 Å². The number of ether oxygens (including phenoxy) is 1. The van der Waals surface area contributed by atoms with Gasteiger partial charge in [-0.05, 0) is 24.3 Å².